The van der Waals surface area contributed by atoms with Crippen LogP contribution in [0.2, 0.25) is 0 Å². The number of carbonyl (C=O) groups excluding carboxylic acids is 1. The Morgan fingerprint density at radius 2 is 1.94 bits per heavy atom. The van der Waals surface area contributed by atoms with E-state index in [9.17, 15) is 9.90 Å². The molecule has 0 bridgehead atoms. The van der Waals surface area contributed by atoms with Crippen molar-refractivity contribution in [2.75, 3.05) is 20.2 Å². The number of nitrogens with zero attached hydrogens (tertiary/aromatic N) is 3. The number of ether oxygens (including phenoxy) is 1. The molecule has 1 aliphatic heterocycles. The second-order valence-corrected chi connectivity index (χ2v) is 9.02. The zero-order valence-electron chi connectivity index (χ0n) is 19.1. The Kier molecular flexibility index (Phi) is 5.85. The Balaban J connectivity index is 1.36. The van der Waals surface area contributed by atoms with Gasteiger partial charge in [0.1, 0.15) is 11.4 Å². The summed E-state index contributed by atoms with van der Waals surface area (Å²) in [4.78, 5) is 23.4. The predicted molar refractivity (Wildman–Crippen MR) is 126 cm³/mol. The van der Waals surface area contributed by atoms with E-state index in [0.717, 1.165) is 23.1 Å². The predicted octanol–water partition coefficient (Wildman–Crippen LogP) is 4.46. The highest BCUT2D eigenvalue weighted by Gasteiger charge is 2.31. The molecule has 1 N–H and O–H groups in total. The standard InChI is InChI=1S/C27H29N3O3/c1-17-26(33-2)28-14-25(29-17)27(32)30-12-11-20(15-30)22-10-9-19(13-21(22)16-31)24-6-4-3-5-23(24)18-7-8-18/h3-6,9-10,13-14,18,20,31H,7-8,11-12,15-16H2,1-2H3. The zero-order valence-corrected chi connectivity index (χ0v) is 19.1. The van der Waals surface area contributed by atoms with Gasteiger partial charge in [0, 0.05) is 19.0 Å². The quantitative estimate of drug-likeness (QED) is 0.609. The van der Waals surface area contributed by atoms with Gasteiger partial charge in [-0.1, -0.05) is 36.4 Å². The van der Waals surface area contributed by atoms with E-state index < -0.39 is 0 Å². The van der Waals surface area contributed by atoms with Crippen LogP contribution in [0.4, 0.5) is 0 Å². The molecule has 2 aliphatic rings. The van der Waals surface area contributed by atoms with Crippen molar-refractivity contribution in [3.63, 3.8) is 0 Å². The minimum absolute atomic E-state index is 0.0115. The zero-order chi connectivity index (χ0) is 22.9. The molecule has 6 nitrogen and oxygen atoms in total. The first-order valence-electron chi connectivity index (χ1n) is 11.6. The number of aromatic nitrogens is 2. The molecule has 1 aliphatic carbocycles. The van der Waals surface area contributed by atoms with E-state index in [1.54, 1.807) is 6.92 Å². The Labute approximate surface area is 194 Å². The topological polar surface area (TPSA) is 75.5 Å². The molecule has 6 heteroatoms. The largest absolute Gasteiger partial charge is 0.480 e. The van der Waals surface area contributed by atoms with Gasteiger partial charge in [-0.15, -0.1) is 0 Å². The van der Waals surface area contributed by atoms with E-state index in [2.05, 4.69) is 52.4 Å². The van der Waals surface area contributed by atoms with Crippen LogP contribution in [0, 0.1) is 6.92 Å². The summed E-state index contributed by atoms with van der Waals surface area (Å²) < 4.78 is 5.15. The van der Waals surface area contributed by atoms with Crippen LogP contribution in [-0.2, 0) is 6.61 Å². The van der Waals surface area contributed by atoms with Gasteiger partial charge in [-0.25, -0.2) is 9.97 Å². The lowest BCUT2D eigenvalue weighted by atomic mass is 9.89. The Morgan fingerprint density at radius 3 is 2.67 bits per heavy atom. The maximum absolute atomic E-state index is 13.0. The summed E-state index contributed by atoms with van der Waals surface area (Å²) in [6.45, 7) is 3.04. The molecular formula is C27H29N3O3. The third-order valence-electron chi connectivity index (χ3n) is 6.83. The van der Waals surface area contributed by atoms with Gasteiger partial charge in [0.25, 0.3) is 5.91 Å². The number of aliphatic hydroxyl groups is 1. The van der Waals surface area contributed by atoms with E-state index in [1.165, 1.54) is 37.3 Å². The maximum Gasteiger partial charge on any atom is 0.274 e. The van der Waals surface area contributed by atoms with Crippen molar-refractivity contribution in [2.45, 2.75) is 44.6 Å². The van der Waals surface area contributed by atoms with E-state index in [1.807, 2.05) is 4.90 Å². The number of aliphatic hydroxyl groups excluding tert-OH is 1. The summed E-state index contributed by atoms with van der Waals surface area (Å²) in [7, 11) is 1.54. The monoisotopic (exact) mass is 443 g/mol. The molecule has 3 aromatic rings. The molecule has 1 aromatic heterocycles. The second kappa shape index (κ2) is 8.94. The highest BCUT2D eigenvalue weighted by Crippen LogP contribution is 2.44. The van der Waals surface area contributed by atoms with E-state index in [0.29, 0.717) is 36.3 Å². The molecular weight excluding hydrogens is 414 g/mol. The van der Waals surface area contributed by atoms with Gasteiger partial charge in [0.15, 0.2) is 0 Å². The molecule has 1 saturated heterocycles. The van der Waals surface area contributed by atoms with Gasteiger partial charge in [-0.3, -0.25) is 4.79 Å². The molecule has 33 heavy (non-hydrogen) atoms. The summed E-state index contributed by atoms with van der Waals surface area (Å²) in [5.74, 6) is 1.17. The van der Waals surface area contributed by atoms with Gasteiger partial charge < -0.3 is 14.7 Å². The molecule has 5 rings (SSSR count). The molecule has 2 aromatic carbocycles. The fourth-order valence-electron chi connectivity index (χ4n) is 4.95. The summed E-state index contributed by atoms with van der Waals surface area (Å²) in [6.07, 6.45) is 4.85. The first-order chi connectivity index (χ1) is 16.1. The van der Waals surface area contributed by atoms with Crippen LogP contribution in [0.15, 0.2) is 48.7 Å². The number of hydrogen-bond acceptors (Lipinski definition) is 5. The molecule has 2 heterocycles. The summed E-state index contributed by atoms with van der Waals surface area (Å²) in [5, 5.41) is 10.2. The number of hydrogen-bond donors (Lipinski definition) is 1. The van der Waals surface area contributed by atoms with Crippen LogP contribution in [0.3, 0.4) is 0 Å². The lowest BCUT2D eigenvalue weighted by molar-refractivity contribution is 0.0784. The van der Waals surface area contributed by atoms with Gasteiger partial charge in [0.05, 0.1) is 19.9 Å². The summed E-state index contributed by atoms with van der Waals surface area (Å²) >= 11 is 0. The minimum atomic E-state index is -0.115. The number of likely N-dealkylation sites (tertiary alicyclic amines) is 1. The second-order valence-electron chi connectivity index (χ2n) is 9.02. The van der Waals surface area contributed by atoms with Crippen molar-refractivity contribution in [2.24, 2.45) is 0 Å². The average Bonchev–Trinajstić information content (AvgIpc) is 3.59. The summed E-state index contributed by atoms with van der Waals surface area (Å²) in [6, 6.07) is 15.0. The molecule has 1 saturated carbocycles. The lowest BCUT2D eigenvalue weighted by Gasteiger charge is -2.19. The highest BCUT2D eigenvalue weighted by molar-refractivity contribution is 5.92. The van der Waals surface area contributed by atoms with Gasteiger partial charge in [-0.05, 0) is 66.0 Å². The molecule has 0 spiro atoms. The third kappa shape index (κ3) is 4.23. The number of benzene rings is 2. The number of carbonyl (C=O) groups is 1. The summed E-state index contributed by atoms with van der Waals surface area (Å²) in [5.41, 5.74) is 6.82. The number of aryl methyl sites for hydroxylation is 1. The van der Waals surface area contributed by atoms with Crippen LogP contribution in [-0.4, -0.2) is 46.1 Å². The fourth-order valence-corrected chi connectivity index (χ4v) is 4.95. The van der Waals surface area contributed by atoms with Crippen molar-refractivity contribution >= 4 is 5.91 Å². The number of methoxy groups -OCH3 is 1. The minimum Gasteiger partial charge on any atom is -0.480 e. The third-order valence-corrected chi connectivity index (χ3v) is 6.83. The Bertz CT molecular complexity index is 1190. The molecule has 170 valence electrons. The van der Waals surface area contributed by atoms with Crippen LogP contribution < -0.4 is 4.74 Å². The SMILES string of the molecule is COc1ncc(C(=O)N2CCC(c3ccc(-c4ccccc4C4CC4)cc3CO)C2)nc1C. The van der Waals surface area contributed by atoms with Crippen molar-refractivity contribution in [3.05, 3.63) is 76.7 Å². The van der Waals surface area contributed by atoms with Gasteiger partial charge in [-0.2, -0.15) is 0 Å². The number of amides is 1. The fraction of sp³-hybridized carbons (Fsp3) is 0.370. The molecule has 1 amide bonds. The van der Waals surface area contributed by atoms with Crippen LogP contribution in [0.5, 0.6) is 5.88 Å². The van der Waals surface area contributed by atoms with Crippen LogP contribution in [0.1, 0.15) is 64.0 Å². The maximum atomic E-state index is 13.0. The van der Waals surface area contributed by atoms with Gasteiger partial charge >= 0.3 is 0 Å². The van der Waals surface area contributed by atoms with E-state index in [-0.39, 0.29) is 18.4 Å². The van der Waals surface area contributed by atoms with Gasteiger partial charge in [0.2, 0.25) is 5.88 Å². The smallest absolute Gasteiger partial charge is 0.274 e. The Morgan fingerprint density at radius 1 is 1.12 bits per heavy atom. The van der Waals surface area contributed by atoms with Crippen molar-refractivity contribution in [1.29, 1.82) is 0 Å². The van der Waals surface area contributed by atoms with Crippen molar-refractivity contribution < 1.29 is 14.6 Å². The van der Waals surface area contributed by atoms with E-state index >= 15 is 0 Å². The first-order valence-corrected chi connectivity index (χ1v) is 11.6. The number of rotatable bonds is 6. The van der Waals surface area contributed by atoms with E-state index in [4.69, 9.17) is 4.74 Å². The van der Waals surface area contributed by atoms with Crippen molar-refractivity contribution in [3.8, 4) is 17.0 Å². The Hall–Kier alpha value is -3.25. The molecule has 1 unspecified atom stereocenters. The van der Waals surface area contributed by atoms with Crippen LogP contribution in [0.25, 0.3) is 11.1 Å². The average molecular weight is 444 g/mol. The molecule has 1 atom stereocenters. The highest BCUT2D eigenvalue weighted by atomic mass is 16.5. The van der Waals surface area contributed by atoms with Crippen molar-refractivity contribution in [1.82, 2.24) is 14.9 Å². The normalized spacial score (nSPS) is 17.9. The molecule has 0 radical (unpaired) electrons. The lowest BCUT2D eigenvalue weighted by Crippen LogP contribution is -2.29. The first kappa shape index (κ1) is 21.6. The van der Waals surface area contributed by atoms with Crippen LogP contribution >= 0.6 is 0 Å². The molecule has 2 fully saturated rings.